The summed E-state index contributed by atoms with van der Waals surface area (Å²) in [6.07, 6.45) is 2.46. The molecule has 0 aliphatic rings. The van der Waals surface area contributed by atoms with Crippen LogP contribution in [0.4, 0.5) is 5.69 Å². The zero-order valence-corrected chi connectivity index (χ0v) is 13.4. The molecule has 1 aromatic heterocycles. The number of aromatic nitrogens is 1. The van der Waals surface area contributed by atoms with E-state index in [4.69, 9.17) is 0 Å². The maximum Gasteiger partial charge on any atom is 0.251 e. The van der Waals surface area contributed by atoms with Gasteiger partial charge in [0.15, 0.2) is 16.0 Å². The summed E-state index contributed by atoms with van der Waals surface area (Å²) in [7, 11) is -3.32. The van der Waals surface area contributed by atoms with Gasteiger partial charge in [-0.1, -0.05) is 6.07 Å². The van der Waals surface area contributed by atoms with E-state index in [9.17, 15) is 18.4 Å². The highest BCUT2D eigenvalue weighted by atomic mass is 32.2. The zero-order valence-electron chi connectivity index (χ0n) is 11.7. The molecule has 8 heteroatoms. The highest BCUT2D eigenvalue weighted by molar-refractivity contribution is 7.99. The average Bonchev–Trinajstić information content (AvgIpc) is 2.46. The van der Waals surface area contributed by atoms with Crippen molar-refractivity contribution in [2.45, 2.75) is 9.92 Å². The fraction of sp³-hybridized carbons (Fsp3) is 0.143. The molecule has 0 aliphatic heterocycles. The van der Waals surface area contributed by atoms with Crippen molar-refractivity contribution >= 4 is 33.2 Å². The van der Waals surface area contributed by atoms with E-state index in [1.807, 2.05) is 0 Å². The molecule has 0 unspecified atom stereocenters. The number of thioether (sulfide) groups is 1. The van der Waals surface area contributed by atoms with Crippen LogP contribution in [0.2, 0.25) is 0 Å². The van der Waals surface area contributed by atoms with Crippen LogP contribution >= 0.6 is 11.8 Å². The van der Waals surface area contributed by atoms with Crippen LogP contribution < -0.4 is 10.0 Å². The zero-order chi connectivity index (χ0) is 16.2. The molecule has 1 amide bonds. The van der Waals surface area contributed by atoms with Crippen molar-refractivity contribution in [3.63, 3.8) is 0 Å². The van der Waals surface area contributed by atoms with Gasteiger partial charge in [-0.05, 0) is 36.0 Å². The number of nitrogens with zero attached hydrogens (tertiary/aromatic N) is 1. The molecule has 0 fully saturated rings. The number of carbonyl (C=O) groups excluding carboxylic acids is 1. The highest BCUT2D eigenvalue weighted by Gasteiger charge is 2.11. The van der Waals surface area contributed by atoms with Gasteiger partial charge < -0.3 is 10.5 Å². The van der Waals surface area contributed by atoms with Crippen LogP contribution in [0.5, 0.6) is 0 Å². The number of carbonyl (C=O) groups is 1. The Morgan fingerprint density at radius 1 is 1.27 bits per heavy atom. The number of sulfone groups is 1. The largest absolute Gasteiger partial charge is 0.618 e. The van der Waals surface area contributed by atoms with Crippen LogP contribution in [0.25, 0.3) is 0 Å². The molecule has 22 heavy (non-hydrogen) atoms. The van der Waals surface area contributed by atoms with Crippen molar-refractivity contribution in [3.8, 4) is 0 Å². The second-order valence-electron chi connectivity index (χ2n) is 4.50. The first-order valence-electron chi connectivity index (χ1n) is 6.27. The Hall–Kier alpha value is -2.06. The fourth-order valence-corrected chi connectivity index (χ4v) is 3.05. The lowest BCUT2D eigenvalue weighted by Crippen LogP contribution is -2.28. The quantitative estimate of drug-likeness (QED) is 0.506. The number of rotatable bonds is 5. The van der Waals surface area contributed by atoms with Gasteiger partial charge in [-0.2, -0.15) is 4.73 Å². The number of nitrogens with one attached hydrogen (secondary N) is 1. The summed E-state index contributed by atoms with van der Waals surface area (Å²) >= 11 is 1.10. The van der Waals surface area contributed by atoms with Crippen molar-refractivity contribution < 1.29 is 17.9 Å². The molecule has 116 valence electrons. The molecule has 2 aromatic rings. The Labute approximate surface area is 132 Å². The summed E-state index contributed by atoms with van der Waals surface area (Å²) in [5.41, 5.74) is 0.400. The minimum absolute atomic E-state index is 0.0509. The van der Waals surface area contributed by atoms with Crippen molar-refractivity contribution in [1.82, 2.24) is 0 Å². The second kappa shape index (κ2) is 6.80. The van der Waals surface area contributed by atoms with E-state index in [-0.39, 0.29) is 16.6 Å². The molecule has 1 N–H and O–H groups in total. The summed E-state index contributed by atoms with van der Waals surface area (Å²) in [4.78, 5) is 12.0. The first-order chi connectivity index (χ1) is 10.4. The SMILES string of the molecule is CS(=O)(=O)c1cccc(NC(=O)CSc2cccc[n+]2[O-])c1. The van der Waals surface area contributed by atoms with Crippen LogP contribution in [0.1, 0.15) is 0 Å². The third kappa shape index (κ3) is 4.47. The van der Waals surface area contributed by atoms with Crippen LogP contribution in [-0.2, 0) is 14.6 Å². The maximum absolute atomic E-state index is 11.9. The van der Waals surface area contributed by atoms with Gasteiger partial charge >= 0.3 is 0 Å². The van der Waals surface area contributed by atoms with E-state index in [1.54, 1.807) is 30.3 Å². The van der Waals surface area contributed by atoms with Gasteiger partial charge in [-0.25, -0.2) is 8.42 Å². The Morgan fingerprint density at radius 3 is 2.73 bits per heavy atom. The van der Waals surface area contributed by atoms with Crippen molar-refractivity contribution in [2.75, 3.05) is 17.3 Å². The molecule has 0 saturated carbocycles. The van der Waals surface area contributed by atoms with E-state index in [1.165, 1.54) is 18.3 Å². The molecule has 6 nitrogen and oxygen atoms in total. The third-order valence-corrected chi connectivity index (χ3v) is 4.81. The molecule has 0 spiro atoms. The number of benzene rings is 1. The predicted octanol–water partition coefficient (Wildman–Crippen LogP) is 1.45. The Balaban J connectivity index is 2.00. The lowest BCUT2D eigenvalue weighted by atomic mass is 10.3. The Bertz CT molecular complexity index is 791. The fourth-order valence-electron chi connectivity index (χ4n) is 1.67. The summed E-state index contributed by atoms with van der Waals surface area (Å²) in [6.45, 7) is 0. The number of hydrogen-bond acceptors (Lipinski definition) is 5. The van der Waals surface area contributed by atoms with E-state index >= 15 is 0 Å². The number of anilines is 1. The van der Waals surface area contributed by atoms with Gasteiger partial charge in [-0.15, -0.1) is 0 Å². The first kappa shape index (κ1) is 16.3. The molecule has 1 aromatic carbocycles. The molecule has 0 saturated heterocycles. The average molecular weight is 338 g/mol. The minimum Gasteiger partial charge on any atom is -0.618 e. The van der Waals surface area contributed by atoms with Gasteiger partial charge in [-0.3, -0.25) is 4.79 Å². The lowest BCUT2D eigenvalue weighted by molar-refractivity contribution is -0.645. The monoisotopic (exact) mass is 338 g/mol. The second-order valence-corrected chi connectivity index (χ2v) is 7.51. The van der Waals surface area contributed by atoms with Gasteiger partial charge in [0.05, 0.1) is 10.6 Å². The number of pyridine rings is 1. The van der Waals surface area contributed by atoms with Gasteiger partial charge in [0.2, 0.25) is 5.91 Å². The molecular weight excluding hydrogens is 324 g/mol. The van der Waals surface area contributed by atoms with Gasteiger partial charge in [0.25, 0.3) is 5.03 Å². The highest BCUT2D eigenvalue weighted by Crippen LogP contribution is 2.17. The van der Waals surface area contributed by atoms with Crippen molar-refractivity contribution in [1.29, 1.82) is 0 Å². The molecule has 0 atom stereocenters. The maximum atomic E-state index is 11.9. The molecule has 2 rings (SSSR count). The molecule has 0 bridgehead atoms. The van der Waals surface area contributed by atoms with E-state index in [0.29, 0.717) is 15.4 Å². The van der Waals surface area contributed by atoms with Crippen LogP contribution in [0.15, 0.2) is 58.6 Å². The Morgan fingerprint density at radius 2 is 2.05 bits per heavy atom. The van der Waals surface area contributed by atoms with Crippen LogP contribution in [0, 0.1) is 5.21 Å². The summed E-state index contributed by atoms with van der Waals surface area (Å²) in [6, 6.07) is 11.0. The van der Waals surface area contributed by atoms with E-state index in [2.05, 4.69) is 5.32 Å². The van der Waals surface area contributed by atoms with Crippen molar-refractivity contribution in [2.24, 2.45) is 0 Å². The summed E-state index contributed by atoms with van der Waals surface area (Å²) in [5, 5.41) is 14.5. The predicted molar refractivity (Wildman–Crippen MR) is 84.3 cm³/mol. The van der Waals surface area contributed by atoms with Gasteiger partial charge in [0.1, 0.15) is 0 Å². The number of hydrogen-bond donors (Lipinski definition) is 1. The molecular formula is C14H14N2O4S2. The lowest BCUT2D eigenvalue weighted by Gasteiger charge is -2.07. The smallest absolute Gasteiger partial charge is 0.251 e. The number of amides is 1. The van der Waals surface area contributed by atoms with Crippen molar-refractivity contribution in [3.05, 3.63) is 53.9 Å². The van der Waals surface area contributed by atoms with Crippen LogP contribution in [-0.4, -0.2) is 26.3 Å². The standard InChI is InChI=1S/C14H14N2O4S2/c1-22(19,20)12-6-4-5-11(9-12)15-13(17)10-21-14-7-2-3-8-16(14)18/h2-9H,10H2,1H3,(H,15,17). The minimum atomic E-state index is -3.32. The molecule has 0 radical (unpaired) electrons. The molecule has 1 heterocycles. The summed E-state index contributed by atoms with van der Waals surface area (Å²) < 4.78 is 23.6. The van der Waals surface area contributed by atoms with E-state index in [0.717, 1.165) is 18.0 Å². The third-order valence-electron chi connectivity index (χ3n) is 2.69. The van der Waals surface area contributed by atoms with Crippen LogP contribution in [0.3, 0.4) is 0 Å². The Kier molecular flexibility index (Phi) is 5.04. The van der Waals surface area contributed by atoms with Gasteiger partial charge in [0, 0.05) is 24.1 Å². The summed E-state index contributed by atoms with van der Waals surface area (Å²) in [5.74, 6) is -0.269. The first-order valence-corrected chi connectivity index (χ1v) is 9.15. The topological polar surface area (TPSA) is 90.2 Å². The molecule has 0 aliphatic carbocycles. The van der Waals surface area contributed by atoms with E-state index < -0.39 is 9.84 Å². The normalized spacial score (nSPS) is 11.1.